The molecule has 0 aromatic heterocycles. The molecule has 1 aromatic rings. The van der Waals surface area contributed by atoms with E-state index < -0.39 is 4.92 Å². The summed E-state index contributed by atoms with van der Waals surface area (Å²) in [4.78, 5) is 21.5. The molecule has 6 nitrogen and oxygen atoms in total. The van der Waals surface area contributed by atoms with Crippen molar-refractivity contribution in [2.75, 3.05) is 5.01 Å². The van der Waals surface area contributed by atoms with Crippen LogP contribution >= 0.6 is 0 Å². The Morgan fingerprint density at radius 3 is 2.73 bits per heavy atom. The lowest BCUT2D eigenvalue weighted by Crippen LogP contribution is -2.20. The highest BCUT2D eigenvalue weighted by Gasteiger charge is 2.25. The highest BCUT2D eigenvalue weighted by atomic mass is 16.6. The number of nitro groups is 1. The molecule has 0 unspecified atom stereocenters. The van der Waals surface area contributed by atoms with E-state index in [1.54, 1.807) is 12.1 Å². The molecule has 0 atom stereocenters. The Morgan fingerprint density at radius 1 is 1.40 bits per heavy atom. The van der Waals surface area contributed by atoms with Crippen LogP contribution in [0.1, 0.15) is 6.42 Å². The molecule has 1 aliphatic rings. The van der Waals surface area contributed by atoms with E-state index in [1.165, 1.54) is 18.3 Å². The molecule has 0 bridgehead atoms. The number of carbonyl (C=O) groups excluding carboxylic acids is 1. The van der Waals surface area contributed by atoms with Gasteiger partial charge in [0.1, 0.15) is 5.69 Å². The maximum atomic E-state index is 11.3. The first kappa shape index (κ1) is 9.32. The number of para-hydroxylation sites is 2. The van der Waals surface area contributed by atoms with E-state index in [0.717, 1.165) is 5.01 Å². The molecule has 6 heteroatoms. The molecule has 15 heavy (non-hydrogen) atoms. The van der Waals surface area contributed by atoms with Gasteiger partial charge in [-0.1, -0.05) is 12.1 Å². The lowest BCUT2D eigenvalue weighted by atomic mass is 10.2. The zero-order valence-corrected chi connectivity index (χ0v) is 7.66. The van der Waals surface area contributed by atoms with Crippen molar-refractivity contribution < 1.29 is 9.72 Å². The highest BCUT2D eigenvalue weighted by Crippen LogP contribution is 2.29. The van der Waals surface area contributed by atoms with E-state index in [-0.39, 0.29) is 23.7 Å². The number of hydrogen-bond donors (Lipinski definition) is 0. The minimum absolute atomic E-state index is 0.120. The van der Waals surface area contributed by atoms with Gasteiger partial charge < -0.3 is 0 Å². The van der Waals surface area contributed by atoms with Crippen molar-refractivity contribution >= 4 is 23.5 Å². The fraction of sp³-hybridized carbons (Fsp3) is 0.111. The van der Waals surface area contributed by atoms with Crippen LogP contribution in [0.5, 0.6) is 0 Å². The van der Waals surface area contributed by atoms with E-state index in [1.807, 2.05) is 0 Å². The average Bonchev–Trinajstić information content (AvgIpc) is 2.64. The molecule has 0 N–H and O–H groups in total. The molecule has 0 spiro atoms. The number of hydrogen-bond acceptors (Lipinski definition) is 4. The summed E-state index contributed by atoms with van der Waals surface area (Å²) in [6.45, 7) is 0. The van der Waals surface area contributed by atoms with Gasteiger partial charge in [-0.2, -0.15) is 10.1 Å². The van der Waals surface area contributed by atoms with Crippen LogP contribution in [0.25, 0.3) is 0 Å². The van der Waals surface area contributed by atoms with Gasteiger partial charge in [0.2, 0.25) is 0 Å². The second-order valence-electron chi connectivity index (χ2n) is 2.95. The number of nitro benzene ring substituents is 1. The van der Waals surface area contributed by atoms with E-state index in [4.69, 9.17) is 0 Å². The minimum Gasteiger partial charge on any atom is -0.272 e. The number of anilines is 1. The van der Waals surface area contributed by atoms with Gasteiger partial charge in [-0.3, -0.25) is 14.9 Å². The molecule has 1 heterocycles. The fourth-order valence-corrected chi connectivity index (χ4v) is 1.35. The van der Waals surface area contributed by atoms with Gasteiger partial charge in [0.05, 0.1) is 11.3 Å². The van der Waals surface area contributed by atoms with Crippen LogP contribution in [-0.4, -0.2) is 17.0 Å². The van der Waals surface area contributed by atoms with Crippen molar-refractivity contribution in [3.8, 4) is 0 Å². The number of rotatable bonds is 2. The smallest absolute Gasteiger partial charge is 0.272 e. The predicted octanol–water partition coefficient (Wildman–Crippen LogP) is 1.32. The second-order valence-corrected chi connectivity index (χ2v) is 2.95. The van der Waals surface area contributed by atoms with Crippen LogP contribution in [0, 0.1) is 10.1 Å². The number of amides is 1. The van der Waals surface area contributed by atoms with Crippen LogP contribution in [0.4, 0.5) is 11.4 Å². The number of benzene rings is 1. The maximum Gasteiger partial charge on any atom is 0.295 e. The Kier molecular flexibility index (Phi) is 2.17. The molecule has 1 aromatic carbocycles. The monoisotopic (exact) mass is 205 g/mol. The Balaban J connectivity index is 2.47. The molecular formula is C9H7N3O3. The molecule has 1 aliphatic heterocycles. The van der Waals surface area contributed by atoms with Crippen LogP contribution in [0.2, 0.25) is 0 Å². The number of nitrogens with zero attached hydrogens (tertiary/aromatic N) is 3. The molecule has 76 valence electrons. The summed E-state index contributed by atoms with van der Waals surface area (Å²) in [5.74, 6) is -0.260. The third kappa shape index (κ3) is 1.56. The summed E-state index contributed by atoms with van der Waals surface area (Å²) < 4.78 is 0. The molecule has 1 amide bonds. The molecule has 0 saturated carbocycles. The van der Waals surface area contributed by atoms with Crippen LogP contribution in [0.3, 0.4) is 0 Å². The van der Waals surface area contributed by atoms with Crippen molar-refractivity contribution in [3.05, 3.63) is 34.4 Å². The third-order valence-corrected chi connectivity index (χ3v) is 2.01. The Labute approximate surface area is 85.0 Å². The fourth-order valence-electron chi connectivity index (χ4n) is 1.35. The van der Waals surface area contributed by atoms with Crippen molar-refractivity contribution in [1.29, 1.82) is 0 Å². The number of carbonyl (C=O) groups is 1. The van der Waals surface area contributed by atoms with Gasteiger partial charge in [-0.05, 0) is 6.07 Å². The first-order valence-electron chi connectivity index (χ1n) is 4.29. The summed E-state index contributed by atoms with van der Waals surface area (Å²) in [7, 11) is 0. The summed E-state index contributed by atoms with van der Waals surface area (Å²) in [5, 5.41) is 15.5. The highest BCUT2D eigenvalue weighted by molar-refractivity contribution is 6.06. The molecule has 0 aliphatic carbocycles. The quantitative estimate of drug-likeness (QED) is 0.539. The lowest BCUT2D eigenvalue weighted by Gasteiger charge is -2.11. The van der Waals surface area contributed by atoms with Crippen LogP contribution in [-0.2, 0) is 4.79 Å². The summed E-state index contributed by atoms with van der Waals surface area (Å²) in [6.07, 6.45) is 1.62. The minimum atomic E-state index is -0.531. The summed E-state index contributed by atoms with van der Waals surface area (Å²) in [6, 6.07) is 6.02. The van der Waals surface area contributed by atoms with E-state index >= 15 is 0 Å². The van der Waals surface area contributed by atoms with Gasteiger partial charge in [0, 0.05) is 12.3 Å². The van der Waals surface area contributed by atoms with E-state index in [9.17, 15) is 14.9 Å². The average molecular weight is 205 g/mol. The molecular weight excluding hydrogens is 198 g/mol. The molecule has 2 rings (SSSR count). The first-order valence-corrected chi connectivity index (χ1v) is 4.29. The van der Waals surface area contributed by atoms with Crippen LogP contribution in [0.15, 0.2) is 29.4 Å². The van der Waals surface area contributed by atoms with E-state index in [2.05, 4.69) is 5.10 Å². The van der Waals surface area contributed by atoms with Gasteiger partial charge >= 0.3 is 0 Å². The van der Waals surface area contributed by atoms with Crippen LogP contribution < -0.4 is 5.01 Å². The van der Waals surface area contributed by atoms with Gasteiger partial charge in [0.15, 0.2) is 0 Å². The topological polar surface area (TPSA) is 75.8 Å². The van der Waals surface area contributed by atoms with Crippen molar-refractivity contribution in [1.82, 2.24) is 0 Å². The SMILES string of the molecule is O=C1CC=NN1c1ccccc1[N+](=O)[O-]. The lowest BCUT2D eigenvalue weighted by molar-refractivity contribution is -0.384. The summed E-state index contributed by atoms with van der Waals surface area (Å²) in [5.41, 5.74) is 0.0890. The van der Waals surface area contributed by atoms with Gasteiger partial charge in [0.25, 0.3) is 11.6 Å². The normalized spacial score (nSPS) is 14.7. The van der Waals surface area contributed by atoms with Crippen molar-refractivity contribution in [2.45, 2.75) is 6.42 Å². The Morgan fingerprint density at radius 2 is 2.13 bits per heavy atom. The number of hydrazone groups is 1. The van der Waals surface area contributed by atoms with Crippen molar-refractivity contribution in [3.63, 3.8) is 0 Å². The zero-order chi connectivity index (χ0) is 10.8. The Hall–Kier alpha value is -2.24. The molecule has 0 radical (unpaired) electrons. The second kappa shape index (κ2) is 3.49. The zero-order valence-electron chi connectivity index (χ0n) is 7.66. The van der Waals surface area contributed by atoms with E-state index in [0.29, 0.717) is 0 Å². The molecule has 0 fully saturated rings. The van der Waals surface area contributed by atoms with Gasteiger partial charge in [-0.15, -0.1) is 0 Å². The van der Waals surface area contributed by atoms with Crippen molar-refractivity contribution in [2.24, 2.45) is 5.10 Å². The maximum absolute atomic E-state index is 11.3. The first-order chi connectivity index (χ1) is 7.20. The molecule has 0 saturated heterocycles. The largest absolute Gasteiger partial charge is 0.295 e. The predicted molar refractivity (Wildman–Crippen MR) is 53.7 cm³/mol. The third-order valence-electron chi connectivity index (χ3n) is 2.01. The van der Waals surface area contributed by atoms with Gasteiger partial charge in [-0.25, -0.2) is 0 Å². The summed E-state index contributed by atoms with van der Waals surface area (Å²) >= 11 is 0. The Bertz CT molecular complexity index is 456. The standard InChI is InChI=1S/C9H7N3O3/c13-9-5-6-10-11(9)7-3-1-2-4-8(7)12(14)15/h1-4,6H,5H2.